The summed E-state index contributed by atoms with van der Waals surface area (Å²) in [5.74, 6) is 2.76. The molecule has 0 radical (unpaired) electrons. The minimum Gasteiger partial charge on any atom is -0.303 e. The van der Waals surface area contributed by atoms with E-state index in [1.807, 2.05) is 0 Å². The van der Waals surface area contributed by atoms with Gasteiger partial charge in [-0.15, -0.1) is 6.42 Å². The van der Waals surface area contributed by atoms with Gasteiger partial charge in [0.2, 0.25) is 0 Å². The van der Waals surface area contributed by atoms with Crippen LogP contribution in [0.4, 0.5) is 0 Å². The van der Waals surface area contributed by atoms with Gasteiger partial charge in [-0.1, -0.05) is 19.3 Å². The van der Waals surface area contributed by atoms with Crippen molar-refractivity contribution in [3.05, 3.63) is 0 Å². The molecule has 4 heteroatoms. The van der Waals surface area contributed by atoms with E-state index in [2.05, 4.69) is 18.2 Å². The first kappa shape index (κ1) is 15.5. The third-order valence-corrected chi connectivity index (χ3v) is 5.08. The summed E-state index contributed by atoms with van der Waals surface area (Å²) in [6.45, 7) is 7.62. The zero-order valence-electron chi connectivity index (χ0n) is 10.7. The Morgan fingerprint density at radius 3 is 2.31 bits per heavy atom. The SMILES string of the molecule is C#CC(CCC)NCCS(=O)(=O)C(C)(C)C. The fraction of sp³-hybridized carbons (Fsp3) is 0.833. The van der Waals surface area contributed by atoms with Crippen LogP contribution in [0.25, 0.3) is 0 Å². The maximum Gasteiger partial charge on any atom is 0.156 e. The van der Waals surface area contributed by atoms with Crippen LogP contribution in [0.15, 0.2) is 0 Å². The lowest BCUT2D eigenvalue weighted by atomic mass is 10.2. The fourth-order valence-electron chi connectivity index (χ4n) is 1.21. The Kier molecular flexibility index (Phi) is 6.06. The van der Waals surface area contributed by atoms with E-state index in [4.69, 9.17) is 6.42 Å². The number of nitrogens with one attached hydrogen (secondary N) is 1. The van der Waals surface area contributed by atoms with E-state index in [-0.39, 0.29) is 11.8 Å². The highest BCUT2D eigenvalue weighted by Gasteiger charge is 2.28. The van der Waals surface area contributed by atoms with Crippen LogP contribution in [0.3, 0.4) is 0 Å². The standard InChI is InChI=1S/C12H23NO2S/c1-6-8-11(7-2)13-9-10-16(14,15)12(3,4)5/h2,11,13H,6,8-10H2,1,3-5H3. The average molecular weight is 245 g/mol. The highest BCUT2D eigenvalue weighted by molar-refractivity contribution is 7.92. The number of sulfone groups is 1. The van der Waals surface area contributed by atoms with E-state index in [0.29, 0.717) is 6.54 Å². The van der Waals surface area contributed by atoms with Crippen molar-refractivity contribution in [2.24, 2.45) is 0 Å². The first-order valence-electron chi connectivity index (χ1n) is 5.66. The summed E-state index contributed by atoms with van der Waals surface area (Å²) in [4.78, 5) is 0. The van der Waals surface area contributed by atoms with E-state index in [9.17, 15) is 8.42 Å². The van der Waals surface area contributed by atoms with Gasteiger partial charge in [-0.25, -0.2) is 8.42 Å². The Balaban J connectivity index is 4.14. The van der Waals surface area contributed by atoms with Crippen LogP contribution in [0, 0.1) is 12.3 Å². The number of terminal acetylenes is 1. The van der Waals surface area contributed by atoms with Crippen LogP contribution in [-0.2, 0) is 9.84 Å². The van der Waals surface area contributed by atoms with Crippen molar-refractivity contribution >= 4 is 9.84 Å². The van der Waals surface area contributed by atoms with Crippen molar-refractivity contribution in [3.63, 3.8) is 0 Å². The van der Waals surface area contributed by atoms with Gasteiger partial charge in [-0.3, -0.25) is 0 Å². The Morgan fingerprint density at radius 1 is 1.38 bits per heavy atom. The Bertz CT molecular complexity index is 333. The molecule has 94 valence electrons. The molecular formula is C12H23NO2S. The third kappa shape index (κ3) is 5.00. The first-order valence-corrected chi connectivity index (χ1v) is 7.31. The molecule has 0 aliphatic rings. The number of hydrogen-bond acceptors (Lipinski definition) is 3. The molecule has 0 rings (SSSR count). The molecule has 0 heterocycles. The smallest absolute Gasteiger partial charge is 0.156 e. The molecule has 1 atom stereocenters. The van der Waals surface area contributed by atoms with Gasteiger partial charge >= 0.3 is 0 Å². The van der Waals surface area contributed by atoms with Crippen LogP contribution >= 0.6 is 0 Å². The van der Waals surface area contributed by atoms with E-state index in [0.717, 1.165) is 12.8 Å². The summed E-state index contributed by atoms with van der Waals surface area (Å²) >= 11 is 0. The van der Waals surface area contributed by atoms with Gasteiger partial charge in [0.15, 0.2) is 9.84 Å². The molecule has 16 heavy (non-hydrogen) atoms. The van der Waals surface area contributed by atoms with Gasteiger partial charge in [0.05, 0.1) is 16.5 Å². The van der Waals surface area contributed by atoms with Crippen molar-refractivity contribution in [1.29, 1.82) is 0 Å². The summed E-state index contributed by atoms with van der Waals surface area (Å²) in [6.07, 6.45) is 7.21. The van der Waals surface area contributed by atoms with Crippen molar-refractivity contribution in [3.8, 4) is 12.3 Å². The molecule has 0 amide bonds. The average Bonchev–Trinajstić information content (AvgIpc) is 2.14. The fourth-order valence-corrected chi connectivity index (χ4v) is 2.21. The Hall–Kier alpha value is -0.530. The summed E-state index contributed by atoms with van der Waals surface area (Å²) < 4.78 is 22.9. The lowest BCUT2D eigenvalue weighted by Gasteiger charge is -2.20. The quantitative estimate of drug-likeness (QED) is 0.723. The van der Waals surface area contributed by atoms with Crippen LogP contribution in [0.2, 0.25) is 0 Å². The molecule has 0 aromatic carbocycles. The molecular weight excluding hydrogens is 222 g/mol. The van der Waals surface area contributed by atoms with Crippen LogP contribution in [0.1, 0.15) is 40.5 Å². The molecule has 1 unspecified atom stereocenters. The monoisotopic (exact) mass is 245 g/mol. The van der Waals surface area contributed by atoms with Crippen molar-refractivity contribution in [2.45, 2.75) is 51.3 Å². The van der Waals surface area contributed by atoms with E-state index < -0.39 is 14.6 Å². The van der Waals surface area contributed by atoms with Gasteiger partial charge in [0.1, 0.15) is 0 Å². The molecule has 0 aromatic rings. The summed E-state index contributed by atoms with van der Waals surface area (Å²) in [6, 6.07) is -0.0137. The maximum absolute atomic E-state index is 11.8. The topological polar surface area (TPSA) is 46.2 Å². The minimum absolute atomic E-state index is 0.0137. The second-order valence-corrected chi connectivity index (χ2v) is 7.76. The zero-order valence-corrected chi connectivity index (χ0v) is 11.5. The second-order valence-electron chi connectivity index (χ2n) is 4.89. The maximum atomic E-state index is 11.8. The van der Waals surface area contributed by atoms with Crippen LogP contribution in [0.5, 0.6) is 0 Å². The molecule has 0 aliphatic carbocycles. The molecule has 0 aliphatic heterocycles. The largest absolute Gasteiger partial charge is 0.303 e. The van der Waals surface area contributed by atoms with Crippen molar-refractivity contribution < 1.29 is 8.42 Å². The van der Waals surface area contributed by atoms with Gasteiger partial charge in [-0.2, -0.15) is 0 Å². The highest BCUT2D eigenvalue weighted by Crippen LogP contribution is 2.15. The first-order chi connectivity index (χ1) is 7.24. The van der Waals surface area contributed by atoms with Gasteiger partial charge in [0, 0.05) is 6.54 Å². The lowest BCUT2D eigenvalue weighted by Crippen LogP contribution is -2.37. The number of rotatable bonds is 6. The minimum atomic E-state index is -3.05. The van der Waals surface area contributed by atoms with Gasteiger partial charge < -0.3 is 5.32 Å². The molecule has 3 nitrogen and oxygen atoms in total. The molecule has 0 bridgehead atoms. The summed E-state index contributed by atoms with van der Waals surface area (Å²) in [5.41, 5.74) is 0. The third-order valence-electron chi connectivity index (χ3n) is 2.47. The molecule has 1 N–H and O–H groups in total. The van der Waals surface area contributed by atoms with Gasteiger partial charge in [0.25, 0.3) is 0 Å². The van der Waals surface area contributed by atoms with Crippen LogP contribution < -0.4 is 5.32 Å². The number of hydrogen-bond donors (Lipinski definition) is 1. The van der Waals surface area contributed by atoms with Crippen molar-refractivity contribution in [1.82, 2.24) is 5.32 Å². The predicted molar refractivity (Wildman–Crippen MR) is 69.1 cm³/mol. The molecule has 0 fully saturated rings. The van der Waals surface area contributed by atoms with Gasteiger partial charge in [-0.05, 0) is 27.2 Å². The normalized spacial score (nSPS) is 14.4. The Labute approximate surface area is 99.9 Å². The summed E-state index contributed by atoms with van der Waals surface area (Å²) in [7, 11) is -3.05. The predicted octanol–water partition coefficient (Wildman–Crippen LogP) is 1.59. The molecule has 0 spiro atoms. The Morgan fingerprint density at radius 2 is 1.94 bits per heavy atom. The summed E-state index contributed by atoms with van der Waals surface area (Å²) in [5, 5.41) is 3.08. The van der Waals surface area contributed by atoms with Crippen LogP contribution in [-0.4, -0.2) is 31.5 Å². The molecule has 0 saturated carbocycles. The van der Waals surface area contributed by atoms with E-state index >= 15 is 0 Å². The second kappa shape index (κ2) is 6.27. The van der Waals surface area contributed by atoms with E-state index in [1.54, 1.807) is 20.8 Å². The highest BCUT2D eigenvalue weighted by atomic mass is 32.2. The zero-order chi connectivity index (χ0) is 12.8. The lowest BCUT2D eigenvalue weighted by molar-refractivity contribution is 0.544. The molecule has 0 saturated heterocycles. The molecule has 0 aromatic heterocycles. The van der Waals surface area contributed by atoms with E-state index in [1.165, 1.54) is 0 Å². The van der Waals surface area contributed by atoms with Crippen molar-refractivity contribution in [2.75, 3.05) is 12.3 Å².